The molecule has 3 nitrogen and oxygen atoms in total. The molecule has 0 aliphatic rings. The summed E-state index contributed by atoms with van der Waals surface area (Å²) < 4.78 is 5.34. The summed E-state index contributed by atoms with van der Waals surface area (Å²) in [6.07, 6.45) is 1.97. The zero-order chi connectivity index (χ0) is 14.5. The highest BCUT2D eigenvalue weighted by Crippen LogP contribution is 2.17. The Balaban J connectivity index is 1.71. The molecule has 0 bridgehead atoms. The quantitative estimate of drug-likeness (QED) is 0.723. The second-order valence-electron chi connectivity index (χ2n) is 5.20. The van der Waals surface area contributed by atoms with Crippen LogP contribution in [0.4, 0.5) is 0 Å². The lowest BCUT2D eigenvalue weighted by atomic mass is 10.1. The number of methoxy groups -OCH3 is 1. The first-order valence-corrected chi connectivity index (χ1v) is 7.20. The van der Waals surface area contributed by atoms with Gasteiger partial charge in [0.25, 0.3) is 0 Å². The van der Waals surface area contributed by atoms with Gasteiger partial charge in [-0.15, -0.1) is 0 Å². The highest BCUT2D eigenvalue weighted by Gasteiger charge is 2.10. The minimum Gasteiger partial charge on any atom is -0.383 e. The number of hydrogen-bond acceptors (Lipinski definition) is 2. The van der Waals surface area contributed by atoms with Crippen LogP contribution in [0.15, 0.2) is 60.8 Å². The standard InChI is InChI=1S/C18H20N2O/c1-21-13-18(15-5-3-2-4-6-15)20-12-14-7-8-17-16(11-14)9-10-19-17/h2-11,18-20H,12-13H2,1H3/t18-/m1/s1. The zero-order valence-corrected chi connectivity index (χ0v) is 12.2. The molecule has 0 unspecified atom stereocenters. The van der Waals surface area contributed by atoms with Gasteiger partial charge < -0.3 is 15.0 Å². The van der Waals surface area contributed by atoms with Crippen LogP contribution < -0.4 is 5.32 Å². The van der Waals surface area contributed by atoms with Gasteiger partial charge in [-0.1, -0.05) is 36.4 Å². The predicted octanol–water partition coefficient (Wildman–Crippen LogP) is 3.65. The summed E-state index contributed by atoms with van der Waals surface area (Å²) in [4.78, 5) is 3.22. The smallest absolute Gasteiger partial charge is 0.0657 e. The molecule has 0 radical (unpaired) electrons. The van der Waals surface area contributed by atoms with Crippen LogP contribution in [0.2, 0.25) is 0 Å². The van der Waals surface area contributed by atoms with Crippen LogP contribution in [0.25, 0.3) is 10.9 Å². The molecule has 0 aliphatic heterocycles. The second-order valence-corrected chi connectivity index (χ2v) is 5.20. The third-order valence-corrected chi connectivity index (χ3v) is 3.71. The van der Waals surface area contributed by atoms with E-state index in [1.807, 2.05) is 12.3 Å². The summed E-state index contributed by atoms with van der Waals surface area (Å²) in [5.74, 6) is 0. The first-order valence-electron chi connectivity index (χ1n) is 7.20. The molecule has 0 saturated carbocycles. The van der Waals surface area contributed by atoms with E-state index < -0.39 is 0 Å². The molecule has 0 aliphatic carbocycles. The number of benzene rings is 2. The Hall–Kier alpha value is -2.10. The maximum Gasteiger partial charge on any atom is 0.0657 e. The van der Waals surface area contributed by atoms with Crippen molar-refractivity contribution in [3.8, 4) is 0 Å². The number of aromatic amines is 1. The Morgan fingerprint density at radius 2 is 1.95 bits per heavy atom. The van der Waals surface area contributed by atoms with Crippen LogP contribution in [0, 0.1) is 0 Å². The Morgan fingerprint density at radius 3 is 2.76 bits per heavy atom. The first kappa shape index (κ1) is 13.9. The normalized spacial score (nSPS) is 12.6. The SMILES string of the molecule is COC[C@@H](NCc1ccc2[nH]ccc2c1)c1ccccc1. The molecular weight excluding hydrogens is 260 g/mol. The van der Waals surface area contributed by atoms with E-state index in [4.69, 9.17) is 4.74 Å². The summed E-state index contributed by atoms with van der Waals surface area (Å²) >= 11 is 0. The molecule has 1 atom stereocenters. The highest BCUT2D eigenvalue weighted by atomic mass is 16.5. The molecule has 21 heavy (non-hydrogen) atoms. The third-order valence-electron chi connectivity index (χ3n) is 3.71. The van der Waals surface area contributed by atoms with Crippen LogP contribution >= 0.6 is 0 Å². The fraction of sp³-hybridized carbons (Fsp3) is 0.222. The number of H-pyrrole nitrogens is 1. The molecule has 2 aromatic carbocycles. The van der Waals surface area contributed by atoms with Gasteiger partial charge in [0.15, 0.2) is 0 Å². The lowest BCUT2D eigenvalue weighted by molar-refractivity contribution is 0.166. The average molecular weight is 280 g/mol. The Bertz CT molecular complexity index is 691. The largest absolute Gasteiger partial charge is 0.383 e. The van der Waals surface area contributed by atoms with Crippen LogP contribution in [-0.4, -0.2) is 18.7 Å². The molecule has 1 aromatic heterocycles. The highest BCUT2D eigenvalue weighted by molar-refractivity contribution is 5.79. The van der Waals surface area contributed by atoms with E-state index in [0.717, 1.165) is 6.54 Å². The van der Waals surface area contributed by atoms with E-state index in [1.54, 1.807) is 7.11 Å². The third kappa shape index (κ3) is 3.32. The molecule has 0 spiro atoms. The van der Waals surface area contributed by atoms with Crippen LogP contribution in [0.3, 0.4) is 0 Å². The van der Waals surface area contributed by atoms with Gasteiger partial charge in [0.2, 0.25) is 0 Å². The minimum absolute atomic E-state index is 0.207. The van der Waals surface area contributed by atoms with Crippen molar-refractivity contribution in [2.45, 2.75) is 12.6 Å². The Kier molecular flexibility index (Phi) is 4.34. The number of nitrogens with one attached hydrogen (secondary N) is 2. The van der Waals surface area contributed by atoms with E-state index in [9.17, 15) is 0 Å². The van der Waals surface area contributed by atoms with Crippen molar-refractivity contribution in [1.29, 1.82) is 0 Å². The summed E-state index contributed by atoms with van der Waals surface area (Å²) in [5, 5.41) is 4.82. The Morgan fingerprint density at radius 1 is 1.10 bits per heavy atom. The van der Waals surface area contributed by atoms with Crippen molar-refractivity contribution in [2.75, 3.05) is 13.7 Å². The van der Waals surface area contributed by atoms with E-state index >= 15 is 0 Å². The van der Waals surface area contributed by atoms with Crippen molar-refractivity contribution in [1.82, 2.24) is 10.3 Å². The molecule has 108 valence electrons. The molecule has 3 heteroatoms. The van der Waals surface area contributed by atoms with E-state index in [-0.39, 0.29) is 6.04 Å². The fourth-order valence-electron chi connectivity index (χ4n) is 2.58. The lowest BCUT2D eigenvalue weighted by Gasteiger charge is -2.18. The first-order chi connectivity index (χ1) is 10.4. The maximum atomic E-state index is 5.34. The topological polar surface area (TPSA) is 37.0 Å². The van der Waals surface area contributed by atoms with Crippen molar-refractivity contribution >= 4 is 10.9 Å². The predicted molar refractivity (Wildman–Crippen MR) is 86.2 cm³/mol. The zero-order valence-electron chi connectivity index (χ0n) is 12.2. The minimum atomic E-state index is 0.207. The van der Waals surface area contributed by atoms with Gasteiger partial charge in [-0.05, 0) is 34.7 Å². The van der Waals surface area contributed by atoms with Crippen molar-refractivity contribution in [3.05, 3.63) is 71.9 Å². The monoisotopic (exact) mass is 280 g/mol. The molecule has 0 saturated heterocycles. The molecular formula is C18H20N2O. The molecule has 2 N–H and O–H groups in total. The number of aromatic nitrogens is 1. The molecule has 3 rings (SSSR count). The van der Waals surface area contributed by atoms with Gasteiger partial charge in [-0.2, -0.15) is 0 Å². The maximum absolute atomic E-state index is 5.34. The van der Waals surface area contributed by atoms with Crippen molar-refractivity contribution in [2.24, 2.45) is 0 Å². The number of ether oxygens (including phenoxy) is 1. The summed E-state index contributed by atoms with van der Waals surface area (Å²) in [6, 6.07) is 19.2. The van der Waals surface area contributed by atoms with Crippen molar-refractivity contribution < 1.29 is 4.74 Å². The van der Waals surface area contributed by atoms with E-state index in [0.29, 0.717) is 6.61 Å². The second kappa shape index (κ2) is 6.57. The van der Waals surface area contributed by atoms with Crippen molar-refractivity contribution in [3.63, 3.8) is 0 Å². The van der Waals surface area contributed by atoms with Gasteiger partial charge in [0, 0.05) is 25.4 Å². The van der Waals surface area contributed by atoms with E-state index in [1.165, 1.54) is 22.0 Å². The molecule has 1 heterocycles. The summed E-state index contributed by atoms with van der Waals surface area (Å²) in [6.45, 7) is 1.49. The van der Waals surface area contributed by atoms with E-state index in [2.05, 4.69) is 58.8 Å². The van der Waals surface area contributed by atoms with Gasteiger partial charge in [-0.3, -0.25) is 0 Å². The van der Waals surface area contributed by atoms with Crippen LogP contribution in [0.1, 0.15) is 17.2 Å². The Labute approximate surface area is 125 Å². The van der Waals surface area contributed by atoms with Crippen LogP contribution in [0.5, 0.6) is 0 Å². The van der Waals surface area contributed by atoms with Gasteiger partial charge in [-0.25, -0.2) is 0 Å². The average Bonchev–Trinajstić information content (AvgIpc) is 3.00. The van der Waals surface area contributed by atoms with Gasteiger partial charge in [0.1, 0.15) is 0 Å². The number of hydrogen-bond donors (Lipinski definition) is 2. The molecule has 0 amide bonds. The molecule has 0 fully saturated rings. The number of fused-ring (bicyclic) bond motifs is 1. The number of rotatable bonds is 6. The lowest BCUT2D eigenvalue weighted by Crippen LogP contribution is -2.24. The summed E-state index contributed by atoms with van der Waals surface area (Å²) in [7, 11) is 1.74. The van der Waals surface area contributed by atoms with Crippen LogP contribution in [-0.2, 0) is 11.3 Å². The summed E-state index contributed by atoms with van der Waals surface area (Å²) in [5.41, 5.74) is 3.71. The van der Waals surface area contributed by atoms with Gasteiger partial charge >= 0.3 is 0 Å². The van der Waals surface area contributed by atoms with Gasteiger partial charge in [0.05, 0.1) is 12.6 Å². The molecule has 3 aromatic rings. The fourth-order valence-corrected chi connectivity index (χ4v) is 2.58.